The first kappa shape index (κ1) is 19.1. The van der Waals surface area contributed by atoms with E-state index >= 15 is 0 Å². The van der Waals surface area contributed by atoms with Crippen LogP contribution in [0.1, 0.15) is 27.7 Å². The van der Waals surface area contributed by atoms with E-state index in [-0.39, 0.29) is 6.61 Å². The highest BCUT2D eigenvalue weighted by Gasteiger charge is 2.63. The predicted molar refractivity (Wildman–Crippen MR) is 71.0 cm³/mol. The summed E-state index contributed by atoms with van der Waals surface area (Å²) in [6, 6.07) is 0. The summed E-state index contributed by atoms with van der Waals surface area (Å²) in [6.07, 6.45) is 0. The van der Waals surface area contributed by atoms with Crippen LogP contribution in [0.4, 0.5) is 0 Å². The van der Waals surface area contributed by atoms with Gasteiger partial charge in [0, 0.05) is 14.2 Å². The molecule has 0 aromatic rings. The average molecular weight is 311 g/mol. The van der Waals surface area contributed by atoms with Gasteiger partial charge in [-0.25, -0.2) is 9.59 Å². The smallest absolute Gasteiger partial charge is 0.373 e. The van der Waals surface area contributed by atoms with E-state index in [2.05, 4.69) is 9.05 Å². The normalized spacial score (nSPS) is 15.3. The van der Waals surface area contributed by atoms with Crippen LogP contribution >= 0.6 is 7.60 Å². The minimum Gasteiger partial charge on any atom is -0.464 e. The van der Waals surface area contributed by atoms with Gasteiger partial charge in [0.2, 0.25) is 0 Å². The third-order valence-corrected chi connectivity index (χ3v) is 4.40. The van der Waals surface area contributed by atoms with Crippen LogP contribution in [0.3, 0.4) is 0 Å². The maximum Gasteiger partial charge on any atom is 0.373 e. The molecule has 8 nitrogen and oxygen atoms in total. The monoisotopic (exact) mass is 311 g/mol. The molecule has 0 aliphatic carbocycles. The van der Waals surface area contributed by atoms with E-state index in [4.69, 9.17) is 15.2 Å². The molecule has 0 saturated carbocycles. The standard InChI is InChI=1S/C11H22NO7P/c1-7-18-8(13)11(12,20(15,16-5)17-6)9(14)19-10(2,3)4/h7,12H2,1-6H3. The van der Waals surface area contributed by atoms with Gasteiger partial charge in [0.05, 0.1) is 6.61 Å². The van der Waals surface area contributed by atoms with Crippen molar-refractivity contribution in [3.63, 3.8) is 0 Å². The molecule has 9 heteroatoms. The van der Waals surface area contributed by atoms with E-state index in [1.807, 2.05) is 0 Å². The number of esters is 2. The lowest BCUT2D eigenvalue weighted by Crippen LogP contribution is -2.57. The molecule has 118 valence electrons. The van der Waals surface area contributed by atoms with Crippen molar-refractivity contribution in [2.45, 2.75) is 38.6 Å². The van der Waals surface area contributed by atoms with Crippen LogP contribution in [0.2, 0.25) is 0 Å². The van der Waals surface area contributed by atoms with Crippen molar-refractivity contribution in [2.75, 3.05) is 20.8 Å². The molecule has 20 heavy (non-hydrogen) atoms. The van der Waals surface area contributed by atoms with Crippen molar-refractivity contribution >= 4 is 19.5 Å². The van der Waals surface area contributed by atoms with E-state index in [1.165, 1.54) is 6.92 Å². The molecule has 0 aromatic carbocycles. The van der Waals surface area contributed by atoms with Gasteiger partial charge >= 0.3 is 24.8 Å². The fraction of sp³-hybridized carbons (Fsp3) is 0.818. The fourth-order valence-electron chi connectivity index (χ4n) is 1.27. The fourth-order valence-corrected chi connectivity index (χ4v) is 2.55. The SMILES string of the molecule is CCOC(=O)C(N)(C(=O)OC(C)(C)C)P(=O)(OC)OC. The Labute approximate surface area is 118 Å². The van der Waals surface area contributed by atoms with E-state index < -0.39 is 30.4 Å². The largest absolute Gasteiger partial charge is 0.464 e. The lowest BCUT2D eigenvalue weighted by Gasteiger charge is -2.32. The molecule has 0 aromatic heterocycles. The Kier molecular flexibility index (Phi) is 6.35. The zero-order chi connectivity index (χ0) is 16.2. The molecule has 0 radical (unpaired) electrons. The summed E-state index contributed by atoms with van der Waals surface area (Å²) < 4.78 is 31.5. The summed E-state index contributed by atoms with van der Waals surface area (Å²) in [5.74, 6) is -2.48. The molecule has 0 aliphatic heterocycles. The average Bonchev–Trinajstić information content (AvgIpc) is 2.34. The molecule has 2 N–H and O–H groups in total. The van der Waals surface area contributed by atoms with Crippen LogP contribution in [0.15, 0.2) is 0 Å². The number of carbonyl (C=O) groups is 2. The maximum atomic E-state index is 12.4. The van der Waals surface area contributed by atoms with Crippen molar-refractivity contribution < 1.29 is 32.7 Å². The van der Waals surface area contributed by atoms with E-state index in [0.717, 1.165) is 14.2 Å². The summed E-state index contributed by atoms with van der Waals surface area (Å²) in [4.78, 5) is 24.2. The van der Waals surface area contributed by atoms with E-state index in [1.54, 1.807) is 20.8 Å². The van der Waals surface area contributed by atoms with Gasteiger partial charge in [-0.2, -0.15) is 0 Å². The number of carbonyl (C=O) groups excluding carboxylic acids is 2. The second-order valence-corrected chi connectivity index (χ2v) is 7.28. The molecular formula is C11H22NO7P. The Morgan fingerprint density at radius 1 is 1.10 bits per heavy atom. The summed E-state index contributed by atoms with van der Waals surface area (Å²) in [7, 11) is -2.28. The number of hydrogen-bond donors (Lipinski definition) is 1. The van der Waals surface area contributed by atoms with Gasteiger partial charge in [-0.1, -0.05) is 0 Å². The zero-order valence-electron chi connectivity index (χ0n) is 12.6. The maximum absolute atomic E-state index is 12.4. The van der Waals surface area contributed by atoms with Gasteiger partial charge in [0.15, 0.2) is 0 Å². The first-order valence-corrected chi connectivity index (χ1v) is 7.44. The van der Waals surface area contributed by atoms with Crippen LogP contribution in [-0.4, -0.2) is 43.6 Å². The molecule has 0 saturated heterocycles. The van der Waals surface area contributed by atoms with Crippen molar-refractivity contribution in [3.05, 3.63) is 0 Å². The van der Waals surface area contributed by atoms with Crippen molar-refractivity contribution in [1.82, 2.24) is 0 Å². The Morgan fingerprint density at radius 3 is 1.85 bits per heavy atom. The molecule has 0 bridgehead atoms. The molecule has 0 rings (SSSR count). The van der Waals surface area contributed by atoms with Crippen LogP contribution in [0, 0.1) is 0 Å². The van der Waals surface area contributed by atoms with Crippen LogP contribution in [0.25, 0.3) is 0 Å². The van der Waals surface area contributed by atoms with Gasteiger partial charge in [-0.15, -0.1) is 0 Å². The second kappa shape index (κ2) is 6.67. The lowest BCUT2D eigenvalue weighted by molar-refractivity contribution is -0.167. The van der Waals surface area contributed by atoms with Crippen molar-refractivity contribution in [3.8, 4) is 0 Å². The first-order chi connectivity index (χ1) is 8.98. The summed E-state index contributed by atoms with van der Waals surface area (Å²) >= 11 is 0. The Morgan fingerprint density at radius 2 is 1.55 bits per heavy atom. The quantitative estimate of drug-likeness (QED) is 0.439. The van der Waals surface area contributed by atoms with Gasteiger partial charge in [0.1, 0.15) is 5.60 Å². The lowest BCUT2D eigenvalue weighted by atomic mass is 10.2. The molecule has 1 unspecified atom stereocenters. The summed E-state index contributed by atoms with van der Waals surface area (Å²) in [5, 5.41) is -2.68. The minimum atomic E-state index is -4.30. The van der Waals surface area contributed by atoms with Crippen LogP contribution < -0.4 is 5.73 Å². The highest BCUT2D eigenvalue weighted by Crippen LogP contribution is 2.57. The predicted octanol–water partition coefficient (Wildman–Crippen LogP) is 1.03. The topological polar surface area (TPSA) is 114 Å². The molecule has 0 amide bonds. The van der Waals surface area contributed by atoms with E-state index in [9.17, 15) is 14.2 Å². The molecule has 0 heterocycles. The molecule has 0 spiro atoms. The zero-order valence-corrected chi connectivity index (χ0v) is 13.5. The van der Waals surface area contributed by atoms with Crippen molar-refractivity contribution in [2.24, 2.45) is 5.73 Å². The van der Waals surface area contributed by atoms with Gasteiger partial charge < -0.3 is 18.5 Å². The van der Waals surface area contributed by atoms with Gasteiger partial charge in [0.25, 0.3) is 0 Å². The summed E-state index contributed by atoms with van der Waals surface area (Å²) in [6.45, 7) is 6.16. The van der Waals surface area contributed by atoms with Crippen LogP contribution in [0.5, 0.6) is 0 Å². The third kappa shape index (κ3) is 3.79. The molecular weight excluding hydrogens is 289 g/mol. The Bertz CT molecular complexity index is 409. The number of nitrogens with two attached hydrogens (primary N) is 1. The summed E-state index contributed by atoms with van der Waals surface area (Å²) in [5.41, 5.74) is 4.77. The van der Waals surface area contributed by atoms with Gasteiger partial charge in [-0.05, 0) is 27.7 Å². The third-order valence-electron chi connectivity index (χ3n) is 2.21. The van der Waals surface area contributed by atoms with E-state index in [0.29, 0.717) is 0 Å². The number of rotatable bonds is 6. The number of hydrogen-bond acceptors (Lipinski definition) is 8. The minimum absolute atomic E-state index is 0.0615. The first-order valence-electron chi connectivity index (χ1n) is 5.89. The van der Waals surface area contributed by atoms with Gasteiger partial charge in [-0.3, -0.25) is 10.3 Å². The molecule has 1 atom stereocenters. The van der Waals surface area contributed by atoms with Crippen molar-refractivity contribution in [1.29, 1.82) is 0 Å². The van der Waals surface area contributed by atoms with Crippen LogP contribution in [-0.2, 0) is 32.7 Å². The Balaban J connectivity index is 5.77. The molecule has 0 aliphatic rings. The number of ether oxygens (including phenoxy) is 2. The highest BCUT2D eigenvalue weighted by molar-refractivity contribution is 7.58. The Hall–Kier alpha value is -0.950. The molecule has 0 fully saturated rings. The highest BCUT2D eigenvalue weighted by atomic mass is 31.2. The second-order valence-electron chi connectivity index (χ2n) is 4.85.